The number of nitrogens with zero attached hydrogens (tertiary/aromatic N) is 2. The second kappa shape index (κ2) is 12.1. The quantitative estimate of drug-likeness (QED) is 0.476. The van der Waals surface area contributed by atoms with Crippen LogP contribution in [0.25, 0.3) is 0 Å². The van der Waals surface area contributed by atoms with Gasteiger partial charge in [-0.3, -0.25) is 9.59 Å². The van der Waals surface area contributed by atoms with Crippen LogP contribution in [0.3, 0.4) is 0 Å². The lowest BCUT2D eigenvalue weighted by Gasteiger charge is -2.33. The Morgan fingerprint density at radius 2 is 1.85 bits per heavy atom. The predicted molar refractivity (Wildman–Crippen MR) is 142 cm³/mol. The lowest BCUT2D eigenvalue weighted by Crippen LogP contribution is -2.38. The highest BCUT2D eigenvalue weighted by Crippen LogP contribution is 2.40. The van der Waals surface area contributed by atoms with Crippen LogP contribution >= 0.6 is 11.3 Å². The molecule has 39 heavy (non-hydrogen) atoms. The molecule has 2 heterocycles. The van der Waals surface area contributed by atoms with Crippen molar-refractivity contribution >= 4 is 39.9 Å². The van der Waals surface area contributed by atoms with E-state index in [0.717, 1.165) is 41.8 Å². The number of carbonyl (C=O) groups is 3. The highest BCUT2D eigenvalue weighted by atomic mass is 32.1. The number of amides is 1. The zero-order valence-corrected chi connectivity index (χ0v) is 23.0. The Hall–Kier alpha value is -3.52. The van der Waals surface area contributed by atoms with Gasteiger partial charge in [-0.2, -0.15) is 5.26 Å². The van der Waals surface area contributed by atoms with Crippen LogP contribution in [0, 0.1) is 34.8 Å². The van der Waals surface area contributed by atoms with Gasteiger partial charge in [-0.15, -0.1) is 11.3 Å². The van der Waals surface area contributed by atoms with E-state index in [9.17, 15) is 23.2 Å². The molecule has 11 heteroatoms. The molecular formula is C28H31F2N3O5S. The average Bonchev–Trinajstić information content (AvgIpc) is 3.23. The summed E-state index contributed by atoms with van der Waals surface area (Å²) in [5.41, 5.74) is 0.967. The van der Waals surface area contributed by atoms with Gasteiger partial charge in [0.15, 0.2) is 18.2 Å². The lowest BCUT2D eigenvalue weighted by atomic mass is 9.88. The number of benzene rings is 1. The summed E-state index contributed by atoms with van der Waals surface area (Å²) < 4.78 is 39.4. The number of hydrogen-bond acceptors (Lipinski definition) is 8. The molecular weight excluding hydrogens is 528 g/mol. The van der Waals surface area contributed by atoms with Crippen molar-refractivity contribution in [2.75, 3.05) is 29.9 Å². The van der Waals surface area contributed by atoms with Crippen LogP contribution in [0.5, 0.6) is 0 Å². The second-order valence-electron chi connectivity index (χ2n) is 10.3. The molecule has 1 aromatic heterocycles. The van der Waals surface area contributed by atoms with E-state index in [2.05, 4.69) is 12.2 Å². The molecule has 0 radical (unpaired) electrons. The first-order valence-corrected chi connectivity index (χ1v) is 13.8. The van der Waals surface area contributed by atoms with Gasteiger partial charge in [-0.25, -0.2) is 13.6 Å². The van der Waals surface area contributed by atoms with E-state index >= 15 is 0 Å². The fourth-order valence-electron chi connectivity index (χ4n) is 5.02. The zero-order valence-electron chi connectivity index (χ0n) is 22.1. The van der Waals surface area contributed by atoms with E-state index in [1.807, 2.05) is 0 Å². The van der Waals surface area contributed by atoms with Gasteiger partial charge in [0.25, 0.3) is 5.91 Å². The number of ether oxygens (including phenoxy) is 2. The Balaban J connectivity index is 1.34. The number of nitriles is 1. The van der Waals surface area contributed by atoms with E-state index in [-0.39, 0.29) is 30.4 Å². The number of thiophene rings is 1. The van der Waals surface area contributed by atoms with Crippen molar-refractivity contribution in [3.8, 4) is 6.07 Å². The molecule has 8 nitrogen and oxygen atoms in total. The minimum atomic E-state index is -0.828. The largest absolute Gasteiger partial charge is 0.459 e. The van der Waals surface area contributed by atoms with Crippen LogP contribution in [0.1, 0.15) is 66.4 Å². The first-order chi connectivity index (χ1) is 18.6. The maximum atomic E-state index is 14.4. The van der Waals surface area contributed by atoms with Crippen molar-refractivity contribution in [2.24, 2.45) is 11.8 Å². The molecule has 2 aromatic rings. The van der Waals surface area contributed by atoms with Crippen LogP contribution in [-0.4, -0.2) is 43.6 Å². The van der Waals surface area contributed by atoms with Gasteiger partial charge in [-0.1, -0.05) is 6.92 Å². The number of anilines is 2. The van der Waals surface area contributed by atoms with Crippen molar-refractivity contribution < 1.29 is 32.6 Å². The number of rotatable bonds is 7. The lowest BCUT2D eigenvalue weighted by molar-refractivity contribution is -0.152. The molecule has 0 saturated carbocycles. The maximum Gasteiger partial charge on any atom is 0.341 e. The van der Waals surface area contributed by atoms with Crippen LogP contribution in [0.15, 0.2) is 12.1 Å². The Morgan fingerprint density at radius 3 is 2.46 bits per heavy atom. The van der Waals surface area contributed by atoms with Crippen LogP contribution in [0.4, 0.5) is 19.5 Å². The summed E-state index contributed by atoms with van der Waals surface area (Å²) in [6.45, 7) is 5.58. The minimum Gasteiger partial charge on any atom is -0.459 e. The van der Waals surface area contributed by atoms with Crippen molar-refractivity contribution in [3.05, 3.63) is 45.3 Å². The third-order valence-corrected chi connectivity index (χ3v) is 8.12. The molecule has 1 aliphatic heterocycles. The maximum absolute atomic E-state index is 14.4. The molecule has 1 saturated heterocycles. The van der Waals surface area contributed by atoms with Crippen molar-refractivity contribution in [2.45, 2.75) is 59.0 Å². The van der Waals surface area contributed by atoms with Gasteiger partial charge >= 0.3 is 11.9 Å². The third kappa shape index (κ3) is 6.56. The minimum absolute atomic E-state index is 0.105. The molecule has 1 unspecified atom stereocenters. The SMILES string of the molecule is CC1CCc2c(sc(NC(=O)COC(=O)C3CCN(c4c(F)cc(C#N)cc4F)CC3)c2C(=O)OC(C)C)C1. The van der Waals surface area contributed by atoms with Crippen molar-refractivity contribution in [3.63, 3.8) is 0 Å². The first-order valence-electron chi connectivity index (χ1n) is 13.0. The number of halogens is 2. The van der Waals surface area contributed by atoms with Gasteiger partial charge in [0, 0.05) is 18.0 Å². The molecule has 4 rings (SSSR count). The summed E-state index contributed by atoms with van der Waals surface area (Å²) in [5, 5.41) is 12.0. The Kier molecular flexibility index (Phi) is 8.85. The third-order valence-electron chi connectivity index (χ3n) is 6.95. The molecule has 1 amide bonds. The van der Waals surface area contributed by atoms with E-state index in [1.54, 1.807) is 19.9 Å². The van der Waals surface area contributed by atoms with Gasteiger partial charge in [0.1, 0.15) is 10.7 Å². The molecule has 1 N–H and O–H groups in total. The van der Waals surface area contributed by atoms with E-state index in [0.29, 0.717) is 29.3 Å². The Morgan fingerprint density at radius 1 is 1.18 bits per heavy atom. The van der Waals surface area contributed by atoms with Crippen molar-refractivity contribution in [1.82, 2.24) is 0 Å². The molecule has 2 aliphatic rings. The summed E-state index contributed by atoms with van der Waals surface area (Å²) in [6, 6.07) is 3.68. The fourth-order valence-corrected chi connectivity index (χ4v) is 6.43. The highest BCUT2D eigenvalue weighted by Gasteiger charge is 2.31. The van der Waals surface area contributed by atoms with Gasteiger partial charge in [-0.05, 0) is 69.6 Å². The fraction of sp³-hybridized carbons (Fsp3) is 0.500. The van der Waals surface area contributed by atoms with E-state index in [4.69, 9.17) is 14.7 Å². The average molecular weight is 560 g/mol. The van der Waals surface area contributed by atoms with Crippen LogP contribution in [-0.2, 0) is 31.9 Å². The Bertz CT molecular complexity index is 1290. The number of carbonyl (C=O) groups excluding carboxylic acids is 3. The summed E-state index contributed by atoms with van der Waals surface area (Å²) in [6.07, 6.45) is 2.77. The number of nitrogens with one attached hydrogen (secondary N) is 1. The molecule has 1 fully saturated rings. The van der Waals surface area contributed by atoms with E-state index < -0.39 is 42.0 Å². The molecule has 1 aliphatic carbocycles. The monoisotopic (exact) mass is 559 g/mol. The smallest absolute Gasteiger partial charge is 0.341 e. The Labute approximate surface area is 229 Å². The summed E-state index contributed by atoms with van der Waals surface area (Å²) in [4.78, 5) is 40.7. The van der Waals surface area contributed by atoms with Gasteiger partial charge < -0.3 is 19.7 Å². The number of esters is 2. The topological polar surface area (TPSA) is 109 Å². The normalized spacial score (nSPS) is 17.4. The molecule has 208 valence electrons. The predicted octanol–water partition coefficient (Wildman–Crippen LogP) is 4.99. The molecule has 0 bridgehead atoms. The zero-order chi connectivity index (χ0) is 28.3. The summed E-state index contributed by atoms with van der Waals surface area (Å²) in [7, 11) is 0. The van der Waals surface area contributed by atoms with Crippen LogP contribution in [0.2, 0.25) is 0 Å². The van der Waals surface area contributed by atoms with Gasteiger partial charge in [0.05, 0.1) is 29.2 Å². The van der Waals surface area contributed by atoms with Crippen LogP contribution < -0.4 is 10.2 Å². The number of fused-ring (bicyclic) bond motifs is 1. The molecule has 0 spiro atoms. The summed E-state index contributed by atoms with van der Waals surface area (Å²) in [5.74, 6) is -3.31. The highest BCUT2D eigenvalue weighted by molar-refractivity contribution is 7.17. The summed E-state index contributed by atoms with van der Waals surface area (Å²) >= 11 is 1.36. The standard InChI is InChI=1S/C28H31F2N3O5S/c1-15(2)38-28(36)24-19-5-4-16(3)10-22(19)39-26(24)32-23(34)14-37-27(35)18-6-8-33(9-7-18)25-20(29)11-17(13-31)12-21(25)30/h11-12,15-16,18H,4-10,14H2,1-3H3,(H,32,34). The second-order valence-corrected chi connectivity index (χ2v) is 11.4. The number of piperidine rings is 1. The molecule has 1 atom stereocenters. The molecule has 1 aromatic carbocycles. The van der Waals surface area contributed by atoms with Crippen molar-refractivity contribution in [1.29, 1.82) is 5.26 Å². The first kappa shape index (κ1) is 28.5. The van der Waals surface area contributed by atoms with Gasteiger partial charge in [0.2, 0.25) is 0 Å². The number of hydrogen-bond donors (Lipinski definition) is 1. The van der Waals surface area contributed by atoms with E-state index in [1.165, 1.54) is 16.2 Å².